The molecule has 3 aliphatic carbocycles. The first-order chi connectivity index (χ1) is 13.0. The maximum atomic E-state index is 12.5. The Hall–Kier alpha value is -1.06. The van der Waals surface area contributed by atoms with Crippen molar-refractivity contribution in [3.8, 4) is 0 Å². The molecule has 5 fully saturated rings. The van der Waals surface area contributed by atoms with Gasteiger partial charge in [-0.15, -0.1) is 0 Å². The molecule has 4 heteroatoms. The molecule has 11 atom stereocenters. The van der Waals surface area contributed by atoms with Gasteiger partial charge in [-0.25, -0.2) is 0 Å². The molecule has 0 bridgehead atoms. The number of ether oxygens (including phenoxy) is 2. The zero-order valence-corrected chi connectivity index (χ0v) is 16.9. The Morgan fingerprint density at radius 1 is 0.852 bits per heavy atom. The predicted octanol–water partition coefficient (Wildman–Crippen LogP) is 4.21. The summed E-state index contributed by atoms with van der Waals surface area (Å²) in [5.74, 6) is 4.13. The van der Waals surface area contributed by atoms with Crippen molar-refractivity contribution in [1.82, 2.24) is 0 Å². The molecule has 0 aromatic carbocycles. The SMILES string of the molecule is CC[C@H]1[C@@H]2OC(=O)[C@@H](C)[C@@H]2[C@H]2C[C@H]([C@@H]3C[C@H](C)C(=O)O3)C3CCCC[C@H]1C32. The van der Waals surface area contributed by atoms with Crippen LogP contribution in [0.3, 0.4) is 0 Å². The summed E-state index contributed by atoms with van der Waals surface area (Å²) < 4.78 is 11.9. The molecule has 0 amide bonds. The van der Waals surface area contributed by atoms with E-state index in [1.54, 1.807) is 0 Å². The highest BCUT2D eigenvalue weighted by molar-refractivity contribution is 5.75. The first-order valence-electron chi connectivity index (χ1n) is 11.4. The first kappa shape index (κ1) is 18.0. The van der Waals surface area contributed by atoms with Crippen LogP contribution in [0.5, 0.6) is 0 Å². The van der Waals surface area contributed by atoms with Crippen LogP contribution in [0.15, 0.2) is 0 Å². The average Bonchev–Trinajstić information content (AvgIpc) is 3.20. The highest BCUT2D eigenvalue weighted by Crippen LogP contribution is 2.64. The smallest absolute Gasteiger partial charge is 0.309 e. The van der Waals surface area contributed by atoms with Crippen LogP contribution in [-0.4, -0.2) is 24.1 Å². The molecule has 5 aliphatic rings. The van der Waals surface area contributed by atoms with Gasteiger partial charge in [-0.1, -0.05) is 33.6 Å². The predicted molar refractivity (Wildman–Crippen MR) is 101 cm³/mol. The Morgan fingerprint density at radius 2 is 1.59 bits per heavy atom. The summed E-state index contributed by atoms with van der Waals surface area (Å²) in [6.45, 7) is 6.39. The minimum atomic E-state index is -0.00268. The molecule has 0 aromatic rings. The number of hydrogen-bond acceptors (Lipinski definition) is 4. The van der Waals surface area contributed by atoms with E-state index < -0.39 is 0 Å². The van der Waals surface area contributed by atoms with Crippen LogP contribution >= 0.6 is 0 Å². The standard InChI is InChI=1S/C23H34O4/c1-4-13-14-7-5-6-8-15-16(18-9-11(2)22(24)26-18)10-17(20(14)15)19-12(3)23(25)27-21(13)19/h11-21H,4-10H2,1-3H3/t11-,12-,13+,14+,15?,16-,17+,18-,19+,20?,21-/m0/s1. The topological polar surface area (TPSA) is 52.6 Å². The Labute approximate surface area is 162 Å². The Kier molecular flexibility index (Phi) is 4.32. The van der Waals surface area contributed by atoms with E-state index >= 15 is 0 Å². The fourth-order valence-corrected chi connectivity index (χ4v) is 8.13. The van der Waals surface area contributed by atoms with Crippen LogP contribution in [0.4, 0.5) is 0 Å². The zero-order chi connectivity index (χ0) is 18.9. The van der Waals surface area contributed by atoms with Gasteiger partial charge in [-0.3, -0.25) is 9.59 Å². The van der Waals surface area contributed by atoms with Gasteiger partial charge in [0.2, 0.25) is 0 Å². The van der Waals surface area contributed by atoms with Gasteiger partial charge in [0, 0.05) is 5.92 Å². The second-order valence-corrected chi connectivity index (χ2v) is 10.2. The molecular formula is C23H34O4. The largest absolute Gasteiger partial charge is 0.462 e. The van der Waals surface area contributed by atoms with E-state index in [-0.39, 0.29) is 36.0 Å². The van der Waals surface area contributed by atoms with E-state index in [0.717, 1.165) is 19.3 Å². The second kappa shape index (κ2) is 6.49. The maximum absolute atomic E-state index is 12.5. The van der Waals surface area contributed by atoms with Crippen molar-refractivity contribution in [3.63, 3.8) is 0 Å². The van der Waals surface area contributed by atoms with Gasteiger partial charge in [0.15, 0.2) is 0 Å². The lowest BCUT2D eigenvalue weighted by molar-refractivity contribution is -0.148. The monoisotopic (exact) mass is 374 g/mol. The third kappa shape index (κ3) is 2.54. The second-order valence-electron chi connectivity index (χ2n) is 10.2. The van der Waals surface area contributed by atoms with Gasteiger partial charge in [-0.05, 0) is 67.6 Å². The fourth-order valence-electron chi connectivity index (χ4n) is 8.13. The van der Waals surface area contributed by atoms with Gasteiger partial charge < -0.3 is 9.47 Å². The zero-order valence-electron chi connectivity index (χ0n) is 16.9. The average molecular weight is 375 g/mol. The van der Waals surface area contributed by atoms with Crippen LogP contribution < -0.4 is 0 Å². The van der Waals surface area contributed by atoms with Crippen LogP contribution in [0.1, 0.15) is 65.7 Å². The normalized spacial score (nSPS) is 54.1. The number of esters is 2. The molecule has 3 saturated carbocycles. The van der Waals surface area contributed by atoms with E-state index in [2.05, 4.69) is 13.8 Å². The van der Waals surface area contributed by atoms with Crippen LogP contribution in [0.25, 0.3) is 0 Å². The quantitative estimate of drug-likeness (QED) is 0.679. The number of rotatable bonds is 2. The molecule has 0 aromatic heterocycles. The van der Waals surface area contributed by atoms with Crippen molar-refractivity contribution in [2.24, 2.45) is 53.3 Å². The third-order valence-electron chi connectivity index (χ3n) is 9.15. The van der Waals surface area contributed by atoms with E-state index in [9.17, 15) is 9.59 Å². The molecule has 2 aliphatic heterocycles. The van der Waals surface area contributed by atoms with E-state index in [1.165, 1.54) is 25.7 Å². The summed E-state index contributed by atoms with van der Waals surface area (Å²) in [6.07, 6.45) is 8.55. The molecule has 2 unspecified atom stereocenters. The van der Waals surface area contributed by atoms with Gasteiger partial charge in [0.1, 0.15) is 12.2 Å². The summed E-state index contributed by atoms with van der Waals surface area (Å²) in [7, 11) is 0. The van der Waals surface area contributed by atoms with Crippen LogP contribution in [-0.2, 0) is 19.1 Å². The summed E-state index contributed by atoms with van der Waals surface area (Å²) in [6, 6.07) is 0. The minimum Gasteiger partial charge on any atom is -0.462 e. The molecule has 27 heavy (non-hydrogen) atoms. The fraction of sp³-hybridized carbons (Fsp3) is 0.913. The molecule has 2 heterocycles. The first-order valence-corrected chi connectivity index (χ1v) is 11.4. The van der Waals surface area contributed by atoms with Crippen molar-refractivity contribution in [3.05, 3.63) is 0 Å². The number of fused-ring (bicyclic) bond motifs is 2. The lowest BCUT2D eigenvalue weighted by Gasteiger charge is -2.48. The van der Waals surface area contributed by atoms with Crippen molar-refractivity contribution in [2.45, 2.75) is 77.9 Å². The van der Waals surface area contributed by atoms with Gasteiger partial charge in [0.25, 0.3) is 0 Å². The Balaban J connectivity index is 1.51. The molecular weight excluding hydrogens is 340 g/mol. The molecule has 2 saturated heterocycles. The summed E-state index contributed by atoms with van der Waals surface area (Å²) in [5, 5.41) is 0. The minimum absolute atomic E-state index is 0.00268. The number of cyclic esters (lactones) is 1. The number of carbonyl (C=O) groups excluding carboxylic acids is 2. The van der Waals surface area contributed by atoms with E-state index in [0.29, 0.717) is 41.4 Å². The van der Waals surface area contributed by atoms with Gasteiger partial charge >= 0.3 is 11.9 Å². The summed E-state index contributed by atoms with van der Waals surface area (Å²) >= 11 is 0. The Morgan fingerprint density at radius 3 is 2.26 bits per heavy atom. The van der Waals surface area contributed by atoms with Crippen molar-refractivity contribution >= 4 is 11.9 Å². The van der Waals surface area contributed by atoms with Crippen LogP contribution in [0.2, 0.25) is 0 Å². The highest BCUT2D eigenvalue weighted by Gasteiger charge is 2.63. The number of hydrogen-bond donors (Lipinski definition) is 0. The Bertz CT molecular complexity index is 630. The van der Waals surface area contributed by atoms with Crippen LogP contribution in [0, 0.1) is 53.3 Å². The van der Waals surface area contributed by atoms with Crippen molar-refractivity contribution < 1.29 is 19.1 Å². The third-order valence-corrected chi connectivity index (χ3v) is 9.15. The van der Waals surface area contributed by atoms with Crippen molar-refractivity contribution in [2.75, 3.05) is 0 Å². The maximum Gasteiger partial charge on any atom is 0.309 e. The molecule has 5 rings (SSSR count). The van der Waals surface area contributed by atoms with E-state index in [4.69, 9.17) is 9.47 Å². The van der Waals surface area contributed by atoms with E-state index in [1.807, 2.05) is 6.92 Å². The molecule has 0 spiro atoms. The summed E-state index contributed by atoms with van der Waals surface area (Å²) in [4.78, 5) is 24.6. The number of carbonyl (C=O) groups is 2. The summed E-state index contributed by atoms with van der Waals surface area (Å²) in [5.41, 5.74) is 0. The molecule has 0 N–H and O–H groups in total. The lowest BCUT2D eigenvalue weighted by atomic mass is 9.57. The molecule has 4 nitrogen and oxygen atoms in total. The van der Waals surface area contributed by atoms with Crippen molar-refractivity contribution in [1.29, 1.82) is 0 Å². The molecule has 150 valence electrons. The lowest BCUT2D eigenvalue weighted by Crippen LogP contribution is -2.48. The highest BCUT2D eigenvalue weighted by atomic mass is 16.6. The van der Waals surface area contributed by atoms with Gasteiger partial charge in [-0.2, -0.15) is 0 Å². The van der Waals surface area contributed by atoms with Gasteiger partial charge in [0.05, 0.1) is 11.8 Å². The molecule has 0 radical (unpaired) electrons.